The maximum atomic E-state index is 12.5. The van der Waals surface area contributed by atoms with Crippen LogP contribution < -0.4 is 5.32 Å². The van der Waals surface area contributed by atoms with Crippen LogP contribution in [0.1, 0.15) is 23.5 Å². The molecule has 0 spiro atoms. The van der Waals surface area contributed by atoms with E-state index in [0.29, 0.717) is 12.5 Å². The van der Waals surface area contributed by atoms with E-state index in [-0.39, 0.29) is 11.8 Å². The summed E-state index contributed by atoms with van der Waals surface area (Å²) in [6.07, 6.45) is 4.50. The Morgan fingerprint density at radius 1 is 1.16 bits per heavy atom. The van der Waals surface area contributed by atoms with Crippen LogP contribution in [0.15, 0.2) is 60.9 Å². The van der Waals surface area contributed by atoms with Gasteiger partial charge in [-0.15, -0.1) is 0 Å². The third kappa shape index (κ3) is 3.39. The fraction of sp³-hybridized carbons (Fsp3) is 0.238. The number of carbonyl (C=O) groups excluding carboxylic acids is 1. The predicted molar refractivity (Wildman–Crippen MR) is 98.4 cm³/mol. The second kappa shape index (κ2) is 6.65. The Hall–Kier alpha value is -2.72. The number of amides is 1. The minimum Gasteiger partial charge on any atom is -0.380 e. The largest absolute Gasteiger partial charge is 0.380 e. The van der Waals surface area contributed by atoms with Crippen molar-refractivity contribution in [1.29, 1.82) is 0 Å². The number of nitrogens with zero attached hydrogens (tertiary/aromatic N) is 1. The molecule has 1 saturated carbocycles. The van der Waals surface area contributed by atoms with E-state index in [4.69, 9.17) is 4.74 Å². The molecule has 3 aromatic rings. The van der Waals surface area contributed by atoms with E-state index in [1.165, 1.54) is 5.56 Å². The van der Waals surface area contributed by atoms with Crippen molar-refractivity contribution in [2.75, 3.05) is 12.4 Å². The van der Waals surface area contributed by atoms with Crippen LogP contribution in [0, 0.1) is 5.92 Å². The van der Waals surface area contributed by atoms with Crippen LogP contribution in [0.3, 0.4) is 0 Å². The number of aromatic nitrogens is 1. The summed E-state index contributed by atoms with van der Waals surface area (Å²) in [4.78, 5) is 16.6. The number of pyridine rings is 1. The maximum absolute atomic E-state index is 12.5. The second-order valence-corrected chi connectivity index (χ2v) is 6.55. The standard InChI is InChI=1S/C21H20N2O2/c1-25-13-14-2-4-15(5-3-14)19-11-20(19)21(24)23-18-7-6-17-12-22-9-8-16(17)10-18/h2-10,12,19-20H,11,13H2,1H3,(H,23,24). The first-order valence-electron chi connectivity index (χ1n) is 8.47. The smallest absolute Gasteiger partial charge is 0.228 e. The number of ether oxygens (including phenoxy) is 1. The Kier molecular flexibility index (Phi) is 4.20. The number of anilines is 1. The highest BCUT2D eigenvalue weighted by molar-refractivity contribution is 5.97. The molecule has 4 nitrogen and oxygen atoms in total. The molecular weight excluding hydrogens is 312 g/mol. The first-order chi connectivity index (χ1) is 12.2. The fourth-order valence-corrected chi connectivity index (χ4v) is 3.28. The molecule has 0 bridgehead atoms. The van der Waals surface area contributed by atoms with Gasteiger partial charge in [0.15, 0.2) is 0 Å². The van der Waals surface area contributed by atoms with Gasteiger partial charge < -0.3 is 10.1 Å². The number of methoxy groups -OCH3 is 1. The van der Waals surface area contributed by atoms with Crippen LogP contribution in [-0.4, -0.2) is 18.0 Å². The van der Waals surface area contributed by atoms with Crippen molar-refractivity contribution in [3.8, 4) is 0 Å². The summed E-state index contributed by atoms with van der Waals surface area (Å²) in [7, 11) is 1.69. The van der Waals surface area contributed by atoms with Gasteiger partial charge in [-0.2, -0.15) is 0 Å². The van der Waals surface area contributed by atoms with Crippen LogP contribution in [0.4, 0.5) is 5.69 Å². The molecule has 25 heavy (non-hydrogen) atoms. The molecule has 2 aromatic carbocycles. The van der Waals surface area contributed by atoms with Crippen LogP contribution in [0.2, 0.25) is 0 Å². The van der Waals surface area contributed by atoms with Gasteiger partial charge in [-0.3, -0.25) is 9.78 Å². The molecular formula is C21H20N2O2. The molecule has 1 heterocycles. The first kappa shape index (κ1) is 15.8. The molecule has 0 saturated heterocycles. The summed E-state index contributed by atoms with van der Waals surface area (Å²) in [5.74, 6) is 0.474. The van der Waals surface area contributed by atoms with Gasteiger partial charge in [-0.25, -0.2) is 0 Å². The molecule has 0 aliphatic heterocycles. The predicted octanol–water partition coefficient (Wildman–Crippen LogP) is 4.12. The van der Waals surface area contributed by atoms with E-state index in [1.807, 2.05) is 30.5 Å². The van der Waals surface area contributed by atoms with Crippen LogP contribution in [-0.2, 0) is 16.1 Å². The SMILES string of the molecule is COCc1ccc(C2CC2C(=O)Nc2ccc3cnccc3c2)cc1. The van der Waals surface area contributed by atoms with Gasteiger partial charge in [-0.1, -0.05) is 30.3 Å². The monoisotopic (exact) mass is 332 g/mol. The second-order valence-electron chi connectivity index (χ2n) is 6.55. The fourth-order valence-electron chi connectivity index (χ4n) is 3.28. The Balaban J connectivity index is 1.41. The Labute approximate surface area is 146 Å². The van der Waals surface area contributed by atoms with Gasteiger partial charge in [0.25, 0.3) is 0 Å². The zero-order valence-corrected chi connectivity index (χ0v) is 14.1. The molecule has 4 heteroatoms. The van der Waals surface area contributed by atoms with E-state index in [2.05, 4.69) is 34.6 Å². The summed E-state index contributed by atoms with van der Waals surface area (Å²) in [6.45, 7) is 0.617. The number of hydrogen-bond donors (Lipinski definition) is 1. The highest BCUT2D eigenvalue weighted by Gasteiger charge is 2.43. The van der Waals surface area contributed by atoms with E-state index >= 15 is 0 Å². The number of rotatable bonds is 5. The van der Waals surface area contributed by atoms with Crippen molar-refractivity contribution in [1.82, 2.24) is 4.98 Å². The lowest BCUT2D eigenvalue weighted by Gasteiger charge is -2.07. The van der Waals surface area contributed by atoms with E-state index < -0.39 is 0 Å². The van der Waals surface area contributed by atoms with E-state index in [9.17, 15) is 4.79 Å². The highest BCUT2D eigenvalue weighted by Crippen LogP contribution is 2.48. The van der Waals surface area contributed by atoms with Gasteiger partial charge >= 0.3 is 0 Å². The third-order valence-electron chi connectivity index (χ3n) is 4.75. The number of carbonyl (C=O) groups is 1. The van der Waals surface area contributed by atoms with Gasteiger partial charge in [0.05, 0.1) is 6.61 Å². The van der Waals surface area contributed by atoms with Crippen molar-refractivity contribution in [2.24, 2.45) is 5.92 Å². The molecule has 0 radical (unpaired) electrons. The average Bonchev–Trinajstić information content (AvgIpc) is 3.43. The zero-order chi connectivity index (χ0) is 17.2. The van der Waals surface area contributed by atoms with Gasteiger partial charge in [-0.05, 0) is 47.1 Å². The van der Waals surface area contributed by atoms with Crippen LogP contribution in [0.5, 0.6) is 0 Å². The Bertz CT molecular complexity index is 905. The first-order valence-corrected chi connectivity index (χ1v) is 8.47. The molecule has 1 fully saturated rings. The molecule has 2 atom stereocenters. The summed E-state index contributed by atoms with van der Waals surface area (Å²) in [6, 6.07) is 16.2. The van der Waals surface area contributed by atoms with Crippen molar-refractivity contribution >= 4 is 22.4 Å². The number of benzene rings is 2. The van der Waals surface area contributed by atoms with Crippen molar-refractivity contribution in [3.05, 3.63) is 72.1 Å². The summed E-state index contributed by atoms with van der Waals surface area (Å²) in [5, 5.41) is 5.20. The van der Waals surface area contributed by atoms with Crippen LogP contribution in [0.25, 0.3) is 10.8 Å². The third-order valence-corrected chi connectivity index (χ3v) is 4.75. The lowest BCUT2D eigenvalue weighted by molar-refractivity contribution is -0.117. The summed E-state index contributed by atoms with van der Waals surface area (Å²) < 4.78 is 5.13. The lowest BCUT2D eigenvalue weighted by Crippen LogP contribution is -2.14. The van der Waals surface area contributed by atoms with Crippen molar-refractivity contribution in [2.45, 2.75) is 18.9 Å². The van der Waals surface area contributed by atoms with Gasteiger partial charge in [0.2, 0.25) is 5.91 Å². The number of nitrogens with one attached hydrogen (secondary N) is 1. The summed E-state index contributed by atoms with van der Waals surface area (Å²) in [5.41, 5.74) is 3.22. The minimum absolute atomic E-state index is 0.0569. The molecule has 1 aliphatic carbocycles. The normalized spacial score (nSPS) is 18.9. The Morgan fingerprint density at radius 3 is 2.80 bits per heavy atom. The average molecular weight is 332 g/mol. The number of hydrogen-bond acceptors (Lipinski definition) is 3. The summed E-state index contributed by atoms with van der Waals surface area (Å²) >= 11 is 0. The highest BCUT2D eigenvalue weighted by atomic mass is 16.5. The van der Waals surface area contributed by atoms with E-state index in [1.54, 1.807) is 13.3 Å². The number of fused-ring (bicyclic) bond motifs is 1. The molecule has 1 amide bonds. The molecule has 1 aromatic heterocycles. The minimum atomic E-state index is 0.0569. The molecule has 1 N–H and O–H groups in total. The van der Waals surface area contributed by atoms with Gasteiger partial charge in [0.1, 0.15) is 0 Å². The molecule has 126 valence electrons. The molecule has 2 unspecified atom stereocenters. The maximum Gasteiger partial charge on any atom is 0.228 e. The van der Waals surface area contributed by atoms with Crippen LogP contribution >= 0.6 is 0 Å². The van der Waals surface area contributed by atoms with E-state index in [0.717, 1.165) is 28.4 Å². The lowest BCUT2D eigenvalue weighted by atomic mass is 10.1. The zero-order valence-electron chi connectivity index (χ0n) is 14.1. The van der Waals surface area contributed by atoms with Crippen molar-refractivity contribution in [3.63, 3.8) is 0 Å². The Morgan fingerprint density at radius 2 is 2.00 bits per heavy atom. The van der Waals surface area contributed by atoms with Gasteiger partial charge in [0, 0.05) is 36.5 Å². The quantitative estimate of drug-likeness (QED) is 0.764. The topological polar surface area (TPSA) is 51.2 Å². The molecule has 1 aliphatic rings. The van der Waals surface area contributed by atoms with Crippen molar-refractivity contribution < 1.29 is 9.53 Å². The molecule has 4 rings (SSSR count).